The Morgan fingerprint density at radius 3 is 2.54 bits per heavy atom. The van der Waals surface area contributed by atoms with E-state index >= 15 is 0 Å². The molecule has 6 nitrogen and oxygen atoms in total. The largest absolute Gasteiger partial charge is 0.416 e. The minimum Gasteiger partial charge on any atom is -0.318 e. The summed E-state index contributed by atoms with van der Waals surface area (Å²) in [5.41, 5.74) is 3.47. The predicted octanol–water partition coefficient (Wildman–Crippen LogP) is 5.42. The van der Waals surface area contributed by atoms with Gasteiger partial charge < -0.3 is 10.3 Å². The van der Waals surface area contributed by atoms with E-state index < -0.39 is 29.5 Å². The van der Waals surface area contributed by atoms with Gasteiger partial charge in [0.2, 0.25) is 0 Å². The Morgan fingerprint density at radius 1 is 1.09 bits per heavy atom. The monoisotopic (exact) mass is 481 g/mol. The van der Waals surface area contributed by atoms with Crippen LogP contribution < -0.4 is 10.7 Å². The van der Waals surface area contributed by atoms with E-state index in [0.29, 0.717) is 16.9 Å². The van der Waals surface area contributed by atoms with Crippen molar-refractivity contribution in [2.24, 2.45) is 0 Å². The van der Waals surface area contributed by atoms with Crippen LogP contribution >= 0.6 is 0 Å². The van der Waals surface area contributed by atoms with E-state index in [1.165, 1.54) is 33.8 Å². The number of hydrogen-bond acceptors (Lipinski definition) is 4. The molecule has 0 saturated heterocycles. The summed E-state index contributed by atoms with van der Waals surface area (Å²) in [7, 11) is 1.66. The van der Waals surface area contributed by atoms with Crippen LogP contribution in [0.25, 0.3) is 16.9 Å². The molecule has 3 heterocycles. The van der Waals surface area contributed by atoms with Crippen LogP contribution in [0.3, 0.4) is 0 Å². The molecular formula is C25H19F4N5O. The van der Waals surface area contributed by atoms with E-state index in [0.717, 1.165) is 12.1 Å². The fraction of sp³-hybridized carbons (Fsp3) is 0.120. The van der Waals surface area contributed by atoms with Gasteiger partial charge >= 0.3 is 6.18 Å². The summed E-state index contributed by atoms with van der Waals surface area (Å²) < 4.78 is 56.4. The molecule has 1 atom stereocenters. The number of anilines is 1. The van der Waals surface area contributed by atoms with Crippen molar-refractivity contribution in [3.63, 3.8) is 0 Å². The van der Waals surface area contributed by atoms with Crippen molar-refractivity contribution in [1.82, 2.24) is 19.8 Å². The van der Waals surface area contributed by atoms with Gasteiger partial charge in [0, 0.05) is 30.6 Å². The van der Waals surface area contributed by atoms with Crippen molar-refractivity contribution in [3.8, 4) is 11.3 Å². The lowest BCUT2D eigenvalue weighted by atomic mass is 9.97. The average molecular weight is 481 g/mol. The third-order valence-corrected chi connectivity index (χ3v) is 5.66. The number of carbonyl (C=O) groups excluding carboxylic acids is 1. The molecule has 2 N–H and O–H groups in total. The van der Waals surface area contributed by atoms with Crippen LogP contribution in [0.15, 0.2) is 79.1 Å². The molecule has 5 rings (SSSR count). The minimum absolute atomic E-state index is 0.0168. The van der Waals surface area contributed by atoms with Gasteiger partial charge in [-0.05, 0) is 42.0 Å². The zero-order valence-electron chi connectivity index (χ0n) is 18.3. The molecule has 0 saturated carbocycles. The van der Waals surface area contributed by atoms with Crippen molar-refractivity contribution >= 4 is 17.4 Å². The maximum Gasteiger partial charge on any atom is 0.416 e. The summed E-state index contributed by atoms with van der Waals surface area (Å²) >= 11 is 0. The molecule has 2 aromatic heterocycles. The second-order valence-electron chi connectivity index (χ2n) is 8.06. The van der Waals surface area contributed by atoms with E-state index in [4.69, 9.17) is 0 Å². The summed E-state index contributed by atoms with van der Waals surface area (Å²) in [6.45, 7) is 0. The first kappa shape index (κ1) is 22.6. The Kier molecular flexibility index (Phi) is 5.52. The van der Waals surface area contributed by atoms with Gasteiger partial charge in [-0.25, -0.2) is 14.8 Å². The molecule has 1 amide bonds. The topological polar surface area (TPSA) is 61.7 Å². The standard InChI is InChI=1S/C25H19F4N5O/c1-33-12-11-20(32-33)18-13-16(7-9-19(18)25(27,28)29)24(35)31-23-22(15-5-3-2-4-6-15)30-21-10-8-17(26)14-34(21)23/h2-14,20,32H,1H3,(H,31,35). The highest BCUT2D eigenvalue weighted by atomic mass is 19.4. The number of hydrogen-bond donors (Lipinski definition) is 2. The molecule has 2 aromatic carbocycles. The number of rotatable bonds is 4. The zero-order chi connectivity index (χ0) is 24.7. The number of nitrogens with zero attached hydrogens (tertiary/aromatic N) is 3. The summed E-state index contributed by atoms with van der Waals surface area (Å²) in [5, 5.41) is 4.26. The minimum atomic E-state index is -4.60. The molecular weight excluding hydrogens is 462 g/mol. The molecule has 35 heavy (non-hydrogen) atoms. The number of hydrazine groups is 1. The van der Waals surface area contributed by atoms with E-state index in [2.05, 4.69) is 15.7 Å². The number of benzene rings is 2. The normalized spacial score (nSPS) is 15.7. The van der Waals surface area contributed by atoms with Crippen LogP contribution in [0, 0.1) is 5.82 Å². The quantitative estimate of drug-likeness (QED) is 0.383. The van der Waals surface area contributed by atoms with Crippen LogP contribution in [0.4, 0.5) is 23.4 Å². The number of carbonyl (C=O) groups is 1. The van der Waals surface area contributed by atoms with E-state index in [-0.39, 0.29) is 16.9 Å². The molecule has 1 aliphatic rings. The lowest BCUT2D eigenvalue weighted by Gasteiger charge is -2.20. The Bertz CT molecular complexity index is 1450. The number of halogens is 4. The van der Waals surface area contributed by atoms with Crippen LogP contribution in [0.1, 0.15) is 27.5 Å². The highest BCUT2D eigenvalue weighted by Crippen LogP contribution is 2.37. The summed E-state index contributed by atoms with van der Waals surface area (Å²) in [6, 6.07) is 14.2. The molecule has 0 radical (unpaired) electrons. The van der Waals surface area contributed by atoms with Crippen LogP contribution in [0.2, 0.25) is 0 Å². The molecule has 0 aliphatic carbocycles. The second kappa shape index (κ2) is 8.55. The maximum absolute atomic E-state index is 14.0. The number of amides is 1. The molecule has 0 bridgehead atoms. The number of nitrogens with one attached hydrogen (secondary N) is 2. The van der Waals surface area contributed by atoms with Gasteiger partial charge in [-0.15, -0.1) is 0 Å². The second-order valence-corrected chi connectivity index (χ2v) is 8.06. The van der Waals surface area contributed by atoms with Gasteiger partial charge in [0.05, 0.1) is 11.6 Å². The highest BCUT2D eigenvalue weighted by molar-refractivity contribution is 6.06. The first-order valence-corrected chi connectivity index (χ1v) is 10.6. The van der Waals surface area contributed by atoms with Gasteiger partial charge in [0.1, 0.15) is 23.0 Å². The zero-order valence-corrected chi connectivity index (χ0v) is 18.3. The highest BCUT2D eigenvalue weighted by Gasteiger charge is 2.36. The maximum atomic E-state index is 14.0. The summed E-state index contributed by atoms with van der Waals surface area (Å²) in [5.74, 6) is -0.987. The van der Waals surface area contributed by atoms with Gasteiger partial charge in [-0.3, -0.25) is 9.20 Å². The summed E-state index contributed by atoms with van der Waals surface area (Å²) in [4.78, 5) is 17.8. The SMILES string of the molecule is CN1C=CC(c2cc(C(=O)Nc3c(-c4ccccc4)nc4ccc(F)cn34)ccc2C(F)(F)F)N1. The number of alkyl halides is 3. The van der Waals surface area contributed by atoms with Crippen molar-refractivity contribution < 1.29 is 22.4 Å². The molecule has 0 fully saturated rings. The van der Waals surface area contributed by atoms with Gasteiger partial charge in [0.15, 0.2) is 0 Å². The number of aromatic nitrogens is 2. The lowest BCUT2D eigenvalue weighted by Crippen LogP contribution is -2.28. The Labute approximate surface area is 197 Å². The van der Waals surface area contributed by atoms with E-state index in [1.54, 1.807) is 43.6 Å². The fourth-order valence-electron chi connectivity index (χ4n) is 4.03. The Morgan fingerprint density at radius 2 is 1.86 bits per heavy atom. The molecule has 1 aliphatic heterocycles. The van der Waals surface area contributed by atoms with Crippen molar-refractivity contribution in [2.45, 2.75) is 12.2 Å². The first-order chi connectivity index (χ1) is 16.7. The van der Waals surface area contributed by atoms with Gasteiger partial charge in [-0.2, -0.15) is 13.2 Å². The van der Waals surface area contributed by atoms with Gasteiger partial charge in [0.25, 0.3) is 5.91 Å². The van der Waals surface area contributed by atoms with Crippen LogP contribution in [-0.2, 0) is 6.18 Å². The van der Waals surface area contributed by atoms with Crippen LogP contribution in [-0.4, -0.2) is 27.3 Å². The van der Waals surface area contributed by atoms with Crippen LogP contribution in [0.5, 0.6) is 0 Å². The molecule has 10 heteroatoms. The predicted molar refractivity (Wildman–Crippen MR) is 123 cm³/mol. The van der Waals surface area contributed by atoms with E-state index in [9.17, 15) is 22.4 Å². The third kappa shape index (κ3) is 4.35. The smallest absolute Gasteiger partial charge is 0.318 e. The van der Waals surface area contributed by atoms with Crippen molar-refractivity contribution in [3.05, 3.63) is 102 Å². The Balaban J connectivity index is 1.57. The Hall–Kier alpha value is -4.18. The first-order valence-electron chi connectivity index (χ1n) is 10.6. The fourth-order valence-corrected chi connectivity index (χ4v) is 4.03. The third-order valence-electron chi connectivity index (χ3n) is 5.66. The van der Waals surface area contributed by atoms with E-state index in [1.807, 2.05) is 6.07 Å². The van der Waals surface area contributed by atoms with Gasteiger partial charge in [-0.1, -0.05) is 30.3 Å². The summed E-state index contributed by atoms with van der Waals surface area (Å²) in [6.07, 6.45) is -0.226. The number of pyridine rings is 1. The lowest BCUT2D eigenvalue weighted by molar-refractivity contribution is -0.138. The molecule has 1 unspecified atom stereocenters. The van der Waals surface area contributed by atoms with Crippen molar-refractivity contribution in [2.75, 3.05) is 12.4 Å². The molecule has 178 valence electrons. The molecule has 0 spiro atoms. The number of imidazole rings is 1. The number of fused-ring (bicyclic) bond motifs is 1. The van der Waals surface area contributed by atoms with Crippen molar-refractivity contribution in [1.29, 1.82) is 0 Å². The molecule has 4 aromatic rings. The average Bonchev–Trinajstić information content (AvgIpc) is 3.42.